The van der Waals surface area contributed by atoms with Crippen molar-refractivity contribution in [3.63, 3.8) is 0 Å². The zero-order valence-corrected chi connectivity index (χ0v) is 19.0. The first-order chi connectivity index (χ1) is 15.4. The number of aliphatic carboxylic acids is 1. The van der Waals surface area contributed by atoms with Crippen LogP contribution in [0.1, 0.15) is 12.7 Å². The summed E-state index contributed by atoms with van der Waals surface area (Å²) in [6.07, 6.45) is 1.29. The van der Waals surface area contributed by atoms with Gasteiger partial charge in [0.15, 0.2) is 5.13 Å². The SMILES string of the molecule is CCON=C(C(=O)NC1C(=O)N2C(C(=O)O)=C(CS/C=C\C#N)CS[C@@H]12)c1nsc(N)n1. The predicted octanol–water partition coefficient (Wildman–Crippen LogP) is 0.370. The van der Waals surface area contributed by atoms with Crippen LogP contribution in [0.3, 0.4) is 0 Å². The van der Waals surface area contributed by atoms with E-state index in [9.17, 15) is 19.5 Å². The van der Waals surface area contributed by atoms with E-state index >= 15 is 0 Å². The smallest absolute Gasteiger partial charge is 0.352 e. The van der Waals surface area contributed by atoms with E-state index in [0.717, 1.165) is 11.5 Å². The molecular formula is C17H17N7O5S3. The zero-order valence-electron chi connectivity index (χ0n) is 16.5. The molecule has 15 heteroatoms. The van der Waals surface area contributed by atoms with E-state index in [4.69, 9.17) is 15.8 Å². The molecule has 0 aromatic carbocycles. The van der Waals surface area contributed by atoms with Crippen molar-refractivity contribution in [2.45, 2.75) is 18.3 Å². The fraction of sp³-hybridized carbons (Fsp3) is 0.353. The number of nitrogens with two attached hydrogens (primary N) is 1. The van der Waals surface area contributed by atoms with E-state index in [2.05, 4.69) is 19.8 Å². The van der Waals surface area contributed by atoms with Crippen molar-refractivity contribution in [3.05, 3.63) is 28.6 Å². The van der Waals surface area contributed by atoms with Crippen LogP contribution >= 0.6 is 35.1 Å². The molecule has 0 aliphatic carbocycles. The summed E-state index contributed by atoms with van der Waals surface area (Å²) in [7, 11) is 0. The van der Waals surface area contributed by atoms with Crippen LogP contribution in [-0.4, -0.2) is 72.4 Å². The number of carbonyl (C=O) groups excluding carboxylic acids is 2. The number of thioether (sulfide) groups is 2. The molecule has 3 rings (SSSR count). The Morgan fingerprint density at radius 1 is 1.56 bits per heavy atom. The number of hydrogen-bond acceptors (Lipinski definition) is 12. The maximum atomic E-state index is 12.8. The number of fused-ring (bicyclic) bond motifs is 1. The number of nitrogens with one attached hydrogen (secondary N) is 1. The highest BCUT2D eigenvalue weighted by Crippen LogP contribution is 2.41. The molecule has 1 aromatic heterocycles. The van der Waals surface area contributed by atoms with Gasteiger partial charge >= 0.3 is 5.97 Å². The number of carbonyl (C=O) groups is 3. The first kappa shape index (κ1) is 23.6. The summed E-state index contributed by atoms with van der Waals surface area (Å²) >= 11 is 3.47. The van der Waals surface area contributed by atoms with Crippen LogP contribution < -0.4 is 11.1 Å². The van der Waals surface area contributed by atoms with Crippen LogP contribution in [0.25, 0.3) is 0 Å². The molecule has 1 aromatic rings. The van der Waals surface area contributed by atoms with Gasteiger partial charge in [0.2, 0.25) is 11.5 Å². The number of carboxylic acids is 1. The number of nitriles is 1. The number of amides is 2. The third-order valence-corrected chi connectivity index (χ3v) is 6.91. The van der Waals surface area contributed by atoms with Crippen molar-refractivity contribution >= 4 is 63.7 Å². The van der Waals surface area contributed by atoms with Gasteiger partial charge in [-0.1, -0.05) is 5.16 Å². The predicted molar refractivity (Wildman–Crippen MR) is 119 cm³/mol. The van der Waals surface area contributed by atoms with Crippen molar-refractivity contribution in [3.8, 4) is 6.07 Å². The van der Waals surface area contributed by atoms with E-state index < -0.39 is 29.2 Å². The fourth-order valence-corrected chi connectivity index (χ4v) is 5.48. The van der Waals surface area contributed by atoms with E-state index in [-0.39, 0.29) is 29.0 Å². The summed E-state index contributed by atoms with van der Waals surface area (Å²) in [6, 6.07) is 0.908. The first-order valence-electron chi connectivity index (χ1n) is 9.05. The number of nitrogen functional groups attached to an aromatic ring is 1. The Morgan fingerprint density at radius 2 is 2.34 bits per heavy atom. The lowest BCUT2D eigenvalue weighted by molar-refractivity contribution is -0.150. The van der Waals surface area contributed by atoms with Crippen molar-refractivity contribution in [1.82, 2.24) is 19.6 Å². The summed E-state index contributed by atoms with van der Waals surface area (Å²) in [5.41, 5.74) is 5.80. The number of oxime groups is 1. The molecule has 32 heavy (non-hydrogen) atoms. The Balaban J connectivity index is 1.76. The summed E-state index contributed by atoms with van der Waals surface area (Å²) in [4.78, 5) is 47.4. The summed E-state index contributed by atoms with van der Waals surface area (Å²) in [5.74, 6) is -1.87. The van der Waals surface area contributed by atoms with Crippen LogP contribution in [0.4, 0.5) is 5.13 Å². The molecule has 0 bridgehead atoms. The highest BCUT2D eigenvalue weighted by Gasteiger charge is 2.54. The second kappa shape index (κ2) is 10.5. The highest BCUT2D eigenvalue weighted by atomic mass is 32.2. The lowest BCUT2D eigenvalue weighted by Gasteiger charge is -2.49. The second-order valence-electron chi connectivity index (χ2n) is 6.17. The zero-order chi connectivity index (χ0) is 23.3. The van der Waals surface area contributed by atoms with Crippen molar-refractivity contribution in [2.24, 2.45) is 5.16 Å². The summed E-state index contributed by atoms with van der Waals surface area (Å²) < 4.78 is 3.95. The lowest BCUT2D eigenvalue weighted by Crippen LogP contribution is -2.71. The molecular weight excluding hydrogens is 478 g/mol. The normalized spacial score (nSPS) is 20.6. The van der Waals surface area contributed by atoms with E-state index in [1.165, 1.54) is 34.5 Å². The van der Waals surface area contributed by atoms with E-state index in [0.29, 0.717) is 17.1 Å². The molecule has 168 valence electrons. The van der Waals surface area contributed by atoms with Gasteiger partial charge in [-0.25, -0.2) is 4.79 Å². The van der Waals surface area contributed by atoms with Gasteiger partial charge < -0.3 is 21.0 Å². The number of allylic oxidation sites excluding steroid dienone is 1. The van der Waals surface area contributed by atoms with Gasteiger partial charge in [0.1, 0.15) is 23.7 Å². The van der Waals surface area contributed by atoms with Crippen LogP contribution in [0.2, 0.25) is 0 Å². The minimum Gasteiger partial charge on any atom is -0.477 e. The van der Waals surface area contributed by atoms with Crippen molar-refractivity contribution < 1.29 is 24.3 Å². The molecule has 1 fully saturated rings. The van der Waals surface area contributed by atoms with Crippen LogP contribution in [0.5, 0.6) is 0 Å². The maximum absolute atomic E-state index is 12.8. The number of aromatic nitrogens is 2. The highest BCUT2D eigenvalue weighted by molar-refractivity contribution is 8.02. The van der Waals surface area contributed by atoms with Gasteiger partial charge in [-0.3, -0.25) is 14.5 Å². The minimum atomic E-state index is -1.23. The number of carboxylic acid groups (broad SMARTS) is 1. The van der Waals surface area contributed by atoms with Crippen LogP contribution in [0, 0.1) is 11.3 Å². The van der Waals surface area contributed by atoms with Gasteiger partial charge in [-0.2, -0.15) is 14.6 Å². The van der Waals surface area contributed by atoms with Gasteiger partial charge in [-0.05, 0) is 17.9 Å². The summed E-state index contributed by atoms with van der Waals surface area (Å²) in [6.45, 7) is 1.88. The quantitative estimate of drug-likeness (QED) is 0.186. The van der Waals surface area contributed by atoms with Gasteiger partial charge in [0, 0.05) is 29.1 Å². The van der Waals surface area contributed by atoms with Gasteiger partial charge in [0.25, 0.3) is 11.8 Å². The number of β-lactam (4-membered cyclic amide) rings is 1. The molecule has 0 radical (unpaired) electrons. The van der Waals surface area contributed by atoms with Crippen molar-refractivity contribution in [2.75, 3.05) is 23.8 Å². The Bertz CT molecular complexity index is 1060. The largest absolute Gasteiger partial charge is 0.477 e. The fourth-order valence-electron chi connectivity index (χ4n) is 2.88. The van der Waals surface area contributed by atoms with Crippen LogP contribution in [0.15, 0.2) is 27.9 Å². The molecule has 1 saturated heterocycles. The second-order valence-corrected chi connectivity index (χ2v) is 8.96. The van der Waals surface area contributed by atoms with Crippen LogP contribution in [-0.2, 0) is 19.2 Å². The Morgan fingerprint density at radius 3 is 2.97 bits per heavy atom. The monoisotopic (exact) mass is 495 g/mol. The molecule has 2 aliphatic heterocycles. The molecule has 3 heterocycles. The Hall–Kier alpha value is -3.09. The molecule has 0 saturated carbocycles. The third-order valence-electron chi connectivity index (χ3n) is 4.19. The van der Waals surface area contributed by atoms with Gasteiger partial charge in [0.05, 0.1) is 6.07 Å². The minimum absolute atomic E-state index is 0.0331. The molecule has 12 nitrogen and oxygen atoms in total. The molecule has 2 aliphatic rings. The standard InChI is InChI=1S/C17H17N7O5S3/c1-2-29-22-9(12-21-17(19)32-23-12)13(25)20-10-14(26)24-11(16(27)28)8(7-31-15(10)24)6-30-5-3-4-18/h3,5,10,15H,2,6-7H2,1H3,(H,20,25)(H,27,28)(H2,19,21,23)/b5-3-,22-9?/t10?,15-/m0/s1. The molecule has 2 atom stereocenters. The van der Waals surface area contributed by atoms with Gasteiger partial charge in [-0.15, -0.1) is 23.5 Å². The molecule has 4 N–H and O–H groups in total. The number of rotatable bonds is 9. The topological polar surface area (TPSA) is 184 Å². The number of hydrogen-bond donors (Lipinski definition) is 3. The maximum Gasteiger partial charge on any atom is 0.352 e. The van der Waals surface area contributed by atoms with E-state index in [1.807, 2.05) is 6.07 Å². The third kappa shape index (κ3) is 4.87. The van der Waals surface area contributed by atoms with Crippen molar-refractivity contribution in [1.29, 1.82) is 5.26 Å². The molecule has 1 unspecified atom stereocenters. The number of anilines is 1. The molecule has 2 amide bonds. The Kier molecular flexibility index (Phi) is 7.72. The number of nitrogens with zero attached hydrogens (tertiary/aromatic N) is 5. The molecule has 0 spiro atoms. The average Bonchev–Trinajstić information content (AvgIpc) is 3.20. The Labute approximate surface area is 194 Å². The summed E-state index contributed by atoms with van der Waals surface area (Å²) in [5, 5.41) is 25.6. The lowest BCUT2D eigenvalue weighted by atomic mass is 10.0. The first-order valence-corrected chi connectivity index (χ1v) is 11.9. The average molecular weight is 496 g/mol. The van der Waals surface area contributed by atoms with E-state index in [1.54, 1.807) is 12.3 Å².